The maximum Gasteiger partial charge on any atom is 0.242 e. The van der Waals surface area contributed by atoms with E-state index in [9.17, 15) is 14.3 Å². The number of aromatic hydroxyl groups is 1. The van der Waals surface area contributed by atoms with Gasteiger partial charge >= 0.3 is 0 Å². The van der Waals surface area contributed by atoms with Crippen LogP contribution in [0.15, 0.2) is 67.0 Å². The molecule has 31 heavy (non-hydrogen) atoms. The molecule has 0 radical (unpaired) electrons. The lowest BCUT2D eigenvalue weighted by molar-refractivity contribution is -0.131. The molecule has 0 spiro atoms. The number of hydrazine groups is 1. The van der Waals surface area contributed by atoms with Gasteiger partial charge < -0.3 is 10.0 Å². The molecule has 1 aromatic heterocycles. The largest absolute Gasteiger partial charge is 0.508 e. The highest BCUT2D eigenvalue weighted by molar-refractivity contribution is 5.86. The molecule has 3 aromatic rings. The predicted molar refractivity (Wildman–Crippen MR) is 113 cm³/mol. The molecule has 4 atom stereocenters. The Bertz CT molecular complexity index is 1110. The molecular formula is C24H23FN4O2. The highest BCUT2D eigenvalue weighted by Crippen LogP contribution is 2.49. The number of carbonyl (C=O) groups excluding carboxylic acids is 1. The molecule has 3 heterocycles. The quantitative estimate of drug-likeness (QED) is 0.607. The van der Waals surface area contributed by atoms with Gasteiger partial charge in [-0.2, -0.15) is 0 Å². The Hall–Kier alpha value is -3.29. The van der Waals surface area contributed by atoms with Gasteiger partial charge in [-0.15, -0.1) is 0 Å². The van der Waals surface area contributed by atoms with E-state index in [0.29, 0.717) is 6.54 Å². The maximum absolute atomic E-state index is 13.7. The SMILES string of the molecule is Cc1ccc(O)c(C2NNC3C(=O)N(Cc4cccnc4)C(c4ccc(F)cc4)C32)c1. The van der Waals surface area contributed by atoms with Crippen molar-refractivity contribution in [1.82, 2.24) is 20.7 Å². The fourth-order valence-corrected chi connectivity index (χ4v) is 4.81. The monoisotopic (exact) mass is 418 g/mol. The van der Waals surface area contributed by atoms with Crippen molar-refractivity contribution in [2.75, 3.05) is 0 Å². The fraction of sp³-hybridized carbons (Fsp3) is 0.250. The molecular weight excluding hydrogens is 395 g/mol. The molecule has 4 unspecified atom stereocenters. The standard InChI is InChI=1S/C24H23FN4O2/c1-14-4-9-19(30)18(11-14)21-20-22(28-27-21)24(31)29(13-15-3-2-10-26-12-15)23(20)16-5-7-17(25)8-6-16/h2-12,20-23,27-28,30H,13H2,1H3. The van der Waals surface area contributed by atoms with Gasteiger partial charge in [0.25, 0.3) is 0 Å². The summed E-state index contributed by atoms with van der Waals surface area (Å²) < 4.78 is 13.7. The molecule has 2 fully saturated rings. The first-order valence-corrected chi connectivity index (χ1v) is 10.3. The first-order valence-electron chi connectivity index (χ1n) is 10.3. The molecule has 6 nitrogen and oxygen atoms in total. The molecule has 1 amide bonds. The molecule has 2 aromatic carbocycles. The number of rotatable bonds is 4. The minimum atomic E-state index is -0.461. The van der Waals surface area contributed by atoms with Crippen molar-refractivity contribution in [2.45, 2.75) is 31.6 Å². The molecule has 0 saturated carbocycles. The number of likely N-dealkylation sites (tertiary alicyclic amines) is 1. The number of hydrogen-bond donors (Lipinski definition) is 3. The molecule has 7 heteroatoms. The number of carbonyl (C=O) groups is 1. The van der Waals surface area contributed by atoms with Crippen LogP contribution in [0.1, 0.15) is 34.3 Å². The maximum atomic E-state index is 13.7. The fourth-order valence-electron chi connectivity index (χ4n) is 4.81. The predicted octanol–water partition coefficient (Wildman–Crippen LogP) is 3.15. The topological polar surface area (TPSA) is 77.5 Å². The second-order valence-electron chi connectivity index (χ2n) is 8.21. The summed E-state index contributed by atoms with van der Waals surface area (Å²) >= 11 is 0. The normalized spacial score (nSPS) is 25.1. The van der Waals surface area contributed by atoms with Gasteiger partial charge in [-0.3, -0.25) is 9.78 Å². The van der Waals surface area contributed by atoms with E-state index in [-0.39, 0.29) is 35.5 Å². The lowest BCUT2D eigenvalue weighted by atomic mass is 9.83. The molecule has 0 aliphatic carbocycles. The summed E-state index contributed by atoms with van der Waals surface area (Å²) in [7, 11) is 0. The first kappa shape index (κ1) is 19.7. The number of nitrogens with one attached hydrogen (secondary N) is 2. The average Bonchev–Trinajstić information content (AvgIpc) is 3.31. The molecule has 0 bridgehead atoms. The van der Waals surface area contributed by atoms with E-state index in [1.54, 1.807) is 30.6 Å². The van der Waals surface area contributed by atoms with Crippen molar-refractivity contribution in [3.63, 3.8) is 0 Å². The third-order valence-electron chi connectivity index (χ3n) is 6.22. The lowest BCUT2D eigenvalue weighted by Gasteiger charge is -2.31. The van der Waals surface area contributed by atoms with E-state index in [0.717, 1.165) is 22.3 Å². The molecule has 2 saturated heterocycles. The van der Waals surface area contributed by atoms with Crippen LogP contribution in [0.3, 0.4) is 0 Å². The first-order chi connectivity index (χ1) is 15.0. The summed E-state index contributed by atoms with van der Waals surface area (Å²) in [5.74, 6) is -0.367. The summed E-state index contributed by atoms with van der Waals surface area (Å²) in [5.41, 5.74) is 9.91. The van der Waals surface area contributed by atoms with Gasteiger partial charge in [-0.05, 0) is 42.3 Å². The van der Waals surface area contributed by atoms with Crippen LogP contribution in [0.2, 0.25) is 0 Å². The Morgan fingerprint density at radius 1 is 1.10 bits per heavy atom. The number of benzene rings is 2. The van der Waals surface area contributed by atoms with Gasteiger partial charge in [-0.1, -0.05) is 35.9 Å². The van der Waals surface area contributed by atoms with Crippen LogP contribution in [-0.4, -0.2) is 26.9 Å². The smallest absolute Gasteiger partial charge is 0.242 e. The summed E-state index contributed by atoms with van der Waals surface area (Å²) in [6.07, 6.45) is 3.45. The van der Waals surface area contributed by atoms with E-state index in [4.69, 9.17) is 0 Å². The summed E-state index contributed by atoms with van der Waals surface area (Å²) in [6.45, 7) is 2.37. The minimum Gasteiger partial charge on any atom is -0.508 e. The van der Waals surface area contributed by atoms with Gasteiger partial charge in [-0.25, -0.2) is 15.2 Å². The number of aromatic nitrogens is 1. The number of nitrogens with zero attached hydrogens (tertiary/aromatic N) is 2. The van der Waals surface area contributed by atoms with Crippen LogP contribution in [-0.2, 0) is 11.3 Å². The van der Waals surface area contributed by atoms with Gasteiger partial charge in [0.05, 0.1) is 12.1 Å². The van der Waals surface area contributed by atoms with E-state index in [1.165, 1.54) is 12.1 Å². The van der Waals surface area contributed by atoms with Crippen LogP contribution >= 0.6 is 0 Å². The lowest BCUT2D eigenvalue weighted by Crippen LogP contribution is -2.41. The molecule has 158 valence electrons. The van der Waals surface area contributed by atoms with Crippen LogP contribution < -0.4 is 10.9 Å². The van der Waals surface area contributed by atoms with Gasteiger partial charge in [0.1, 0.15) is 17.6 Å². The van der Waals surface area contributed by atoms with Gasteiger partial charge in [0, 0.05) is 30.4 Å². The number of amides is 1. The van der Waals surface area contributed by atoms with Crippen LogP contribution in [0, 0.1) is 18.7 Å². The second kappa shape index (κ2) is 7.76. The zero-order valence-electron chi connectivity index (χ0n) is 17.0. The molecule has 5 rings (SSSR count). The Balaban J connectivity index is 1.59. The number of halogens is 1. The van der Waals surface area contributed by atoms with Crippen molar-refractivity contribution in [3.8, 4) is 5.75 Å². The van der Waals surface area contributed by atoms with Gasteiger partial charge in [0.15, 0.2) is 0 Å². The Morgan fingerprint density at radius 3 is 2.61 bits per heavy atom. The molecule has 2 aliphatic rings. The van der Waals surface area contributed by atoms with E-state index in [2.05, 4.69) is 15.8 Å². The van der Waals surface area contributed by atoms with Crippen LogP contribution in [0.4, 0.5) is 4.39 Å². The van der Waals surface area contributed by atoms with Crippen molar-refractivity contribution in [2.24, 2.45) is 5.92 Å². The number of aryl methyl sites for hydroxylation is 1. The number of fused-ring (bicyclic) bond motifs is 1. The van der Waals surface area contributed by atoms with Crippen molar-refractivity contribution in [3.05, 3.63) is 95.1 Å². The molecule has 2 aliphatic heterocycles. The number of phenols is 1. The number of hydrogen-bond acceptors (Lipinski definition) is 5. The van der Waals surface area contributed by atoms with Crippen molar-refractivity contribution in [1.29, 1.82) is 0 Å². The minimum absolute atomic E-state index is 0.0367. The second-order valence-corrected chi connectivity index (χ2v) is 8.21. The van der Waals surface area contributed by atoms with Gasteiger partial charge in [0.2, 0.25) is 5.91 Å². The summed E-state index contributed by atoms with van der Waals surface area (Å²) in [4.78, 5) is 19.4. The van der Waals surface area contributed by atoms with E-state index >= 15 is 0 Å². The zero-order valence-corrected chi connectivity index (χ0v) is 17.0. The van der Waals surface area contributed by atoms with Crippen molar-refractivity contribution >= 4 is 5.91 Å². The van der Waals surface area contributed by atoms with Crippen LogP contribution in [0.25, 0.3) is 0 Å². The summed E-state index contributed by atoms with van der Waals surface area (Å²) in [6, 6.07) is 14.5. The Morgan fingerprint density at radius 2 is 1.87 bits per heavy atom. The Kier molecular flexibility index (Phi) is 4.92. The average molecular weight is 418 g/mol. The number of pyridine rings is 1. The zero-order chi connectivity index (χ0) is 21.5. The number of phenolic OH excluding ortho intramolecular Hbond substituents is 1. The summed E-state index contributed by atoms with van der Waals surface area (Å²) in [5, 5.41) is 10.6. The highest BCUT2D eigenvalue weighted by Gasteiger charge is 2.55. The van der Waals surface area contributed by atoms with E-state index < -0.39 is 6.04 Å². The van der Waals surface area contributed by atoms with E-state index in [1.807, 2.05) is 36.1 Å². The van der Waals surface area contributed by atoms with Crippen molar-refractivity contribution < 1.29 is 14.3 Å². The third kappa shape index (κ3) is 3.45. The third-order valence-corrected chi connectivity index (χ3v) is 6.22. The van der Waals surface area contributed by atoms with Crippen LogP contribution in [0.5, 0.6) is 5.75 Å². The Labute approximate surface area is 179 Å². The highest BCUT2D eigenvalue weighted by atomic mass is 19.1. The molecule has 3 N–H and O–H groups in total.